The van der Waals surface area contributed by atoms with E-state index in [4.69, 9.17) is 28.3 Å². The summed E-state index contributed by atoms with van der Waals surface area (Å²) in [6, 6.07) is 10.7. The van der Waals surface area contributed by atoms with Crippen LogP contribution in [-0.2, 0) is 19.8 Å². The van der Waals surface area contributed by atoms with Crippen LogP contribution >= 0.6 is 23.2 Å². The Balaban J connectivity index is 2.41. The van der Waals surface area contributed by atoms with Crippen LogP contribution in [-0.4, -0.2) is 17.9 Å². The fraction of sp³-hybridized carbons (Fsp3) is 0. The highest BCUT2D eigenvalue weighted by Crippen LogP contribution is 2.39. The van der Waals surface area contributed by atoms with Crippen molar-refractivity contribution in [3.63, 3.8) is 0 Å². The number of hydrogen-bond donors (Lipinski definition) is 1. The highest BCUT2D eigenvalue weighted by molar-refractivity contribution is 7.94. The van der Waals surface area contributed by atoms with E-state index in [0.29, 0.717) is 4.90 Å². The standard InChI is InChI=1S/C13H9Cl2N3O3S2/c14-9-6-10-12(7-11(9)23(16,20)21)22(19,18-13(15)17-10)8-4-2-1-3-5-8/h1-7H,(H2,16,20,21). The number of benzene rings is 2. The highest BCUT2D eigenvalue weighted by Gasteiger charge is 2.28. The van der Waals surface area contributed by atoms with Gasteiger partial charge in [-0.3, -0.25) is 0 Å². The first-order valence-corrected chi connectivity index (χ1v) is 9.96. The number of nitrogens with two attached hydrogens (primary N) is 1. The topological polar surface area (TPSA) is 102 Å². The number of halogens is 2. The van der Waals surface area contributed by atoms with Gasteiger partial charge in [0.2, 0.25) is 15.3 Å². The fourth-order valence-electron chi connectivity index (χ4n) is 2.11. The summed E-state index contributed by atoms with van der Waals surface area (Å²) >= 11 is 11.8. The van der Waals surface area contributed by atoms with Crippen molar-refractivity contribution in [2.45, 2.75) is 14.7 Å². The third-order valence-electron chi connectivity index (χ3n) is 3.10. The average molecular weight is 390 g/mol. The fourth-order valence-corrected chi connectivity index (χ4v) is 5.56. The van der Waals surface area contributed by atoms with E-state index in [1.807, 2.05) is 0 Å². The van der Waals surface area contributed by atoms with E-state index < -0.39 is 19.8 Å². The first-order chi connectivity index (χ1) is 10.7. The van der Waals surface area contributed by atoms with Gasteiger partial charge < -0.3 is 0 Å². The summed E-state index contributed by atoms with van der Waals surface area (Å²) in [5.74, 6) is 0. The molecule has 0 radical (unpaired) electrons. The van der Waals surface area contributed by atoms with Crippen molar-refractivity contribution in [2.24, 2.45) is 14.5 Å². The molecule has 0 saturated heterocycles. The molecule has 23 heavy (non-hydrogen) atoms. The zero-order valence-electron chi connectivity index (χ0n) is 11.3. The van der Waals surface area contributed by atoms with Crippen LogP contribution in [0, 0.1) is 0 Å². The van der Waals surface area contributed by atoms with Gasteiger partial charge in [0.25, 0.3) is 0 Å². The normalized spacial score (nSPS) is 20.4. The van der Waals surface area contributed by atoms with Crippen LogP contribution in [0.1, 0.15) is 0 Å². The maximum Gasteiger partial charge on any atom is 0.239 e. The molecular weight excluding hydrogens is 381 g/mol. The second-order valence-corrected chi connectivity index (χ2v) is 9.03. The first-order valence-electron chi connectivity index (χ1n) is 6.14. The van der Waals surface area contributed by atoms with Crippen molar-refractivity contribution < 1.29 is 12.6 Å². The van der Waals surface area contributed by atoms with Crippen molar-refractivity contribution in [1.82, 2.24) is 0 Å². The van der Waals surface area contributed by atoms with E-state index in [1.165, 1.54) is 6.07 Å². The Hall–Kier alpha value is -1.45. The molecule has 0 fully saturated rings. The lowest BCUT2D eigenvalue weighted by Crippen LogP contribution is -2.15. The lowest BCUT2D eigenvalue weighted by molar-refractivity contribution is 0.597. The summed E-state index contributed by atoms with van der Waals surface area (Å²) in [5.41, 5.74) is 0.191. The van der Waals surface area contributed by atoms with Crippen LogP contribution in [0.3, 0.4) is 0 Å². The smallest absolute Gasteiger partial charge is 0.239 e. The third kappa shape index (κ3) is 2.88. The molecule has 120 valence electrons. The lowest BCUT2D eigenvalue weighted by atomic mass is 10.3. The molecule has 1 heterocycles. The van der Waals surface area contributed by atoms with E-state index >= 15 is 0 Å². The van der Waals surface area contributed by atoms with Crippen molar-refractivity contribution in [3.05, 3.63) is 47.5 Å². The molecule has 1 aliphatic heterocycles. The molecule has 1 aliphatic rings. The highest BCUT2D eigenvalue weighted by atomic mass is 35.5. The Bertz CT molecular complexity index is 1060. The Labute approximate surface area is 143 Å². The second-order valence-electron chi connectivity index (χ2n) is 4.61. The molecule has 0 saturated carbocycles. The summed E-state index contributed by atoms with van der Waals surface area (Å²) < 4.78 is 40.7. The largest absolute Gasteiger partial charge is 0.239 e. The van der Waals surface area contributed by atoms with E-state index in [0.717, 1.165) is 6.07 Å². The summed E-state index contributed by atoms with van der Waals surface area (Å²) in [6.07, 6.45) is 0. The number of sulfonamides is 1. The number of primary sulfonamides is 1. The average Bonchev–Trinajstić information content (AvgIpc) is 2.46. The molecule has 6 nitrogen and oxygen atoms in total. The number of amidine groups is 1. The Morgan fingerprint density at radius 1 is 1.09 bits per heavy atom. The minimum absolute atomic E-state index is 0.0986. The molecule has 0 amide bonds. The monoisotopic (exact) mass is 389 g/mol. The quantitative estimate of drug-likeness (QED) is 0.797. The summed E-state index contributed by atoms with van der Waals surface area (Å²) in [6.45, 7) is 0. The van der Waals surface area contributed by atoms with Crippen molar-refractivity contribution in [2.75, 3.05) is 0 Å². The molecule has 0 bridgehead atoms. The van der Waals surface area contributed by atoms with Crippen LogP contribution in [0.15, 0.2) is 66.5 Å². The van der Waals surface area contributed by atoms with Gasteiger partial charge in [-0.05, 0) is 35.9 Å². The van der Waals surface area contributed by atoms with Crippen LogP contribution in [0.4, 0.5) is 5.69 Å². The lowest BCUT2D eigenvalue weighted by Gasteiger charge is -2.17. The second kappa shape index (κ2) is 5.57. The SMILES string of the molecule is NS(=O)(=O)c1cc2c(cc1Cl)N=C(Cl)N=S2(=O)c1ccccc1. The van der Waals surface area contributed by atoms with Crippen LogP contribution in [0.5, 0.6) is 0 Å². The Kier molecular flexibility index (Phi) is 3.97. The van der Waals surface area contributed by atoms with Gasteiger partial charge >= 0.3 is 0 Å². The molecule has 2 aromatic rings. The van der Waals surface area contributed by atoms with Gasteiger partial charge in [0.15, 0.2) is 0 Å². The first kappa shape index (κ1) is 16.4. The number of rotatable bonds is 2. The number of hydrogen-bond acceptors (Lipinski definition) is 5. The van der Waals surface area contributed by atoms with E-state index in [9.17, 15) is 12.6 Å². The van der Waals surface area contributed by atoms with Crippen molar-refractivity contribution in [1.29, 1.82) is 0 Å². The van der Waals surface area contributed by atoms with E-state index in [1.54, 1.807) is 30.3 Å². The maximum atomic E-state index is 13.4. The molecule has 1 atom stereocenters. The summed E-state index contributed by atoms with van der Waals surface area (Å²) in [5, 5.41) is 4.82. The Morgan fingerprint density at radius 3 is 2.35 bits per heavy atom. The molecule has 0 spiro atoms. The molecule has 1 unspecified atom stereocenters. The van der Waals surface area contributed by atoms with E-state index in [-0.39, 0.29) is 25.8 Å². The predicted octanol–water partition coefficient (Wildman–Crippen LogP) is 3.11. The molecule has 2 aromatic carbocycles. The number of aliphatic imine (C=N–C) groups is 1. The van der Waals surface area contributed by atoms with Crippen LogP contribution in [0.25, 0.3) is 0 Å². The van der Waals surface area contributed by atoms with Gasteiger partial charge in [-0.1, -0.05) is 29.8 Å². The van der Waals surface area contributed by atoms with Crippen LogP contribution < -0.4 is 5.14 Å². The van der Waals surface area contributed by atoms with Crippen molar-refractivity contribution in [3.8, 4) is 0 Å². The molecule has 0 aromatic heterocycles. The van der Waals surface area contributed by atoms with E-state index in [2.05, 4.69) is 9.36 Å². The molecule has 0 aliphatic carbocycles. The van der Waals surface area contributed by atoms with Gasteiger partial charge in [-0.2, -0.15) is 4.36 Å². The molecule has 3 rings (SSSR count). The maximum absolute atomic E-state index is 13.4. The summed E-state index contributed by atoms with van der Waals surface area (Å²) in [7, 11) is -7.29. The van der Waals surface area contributed by atoms with Gasteiger partial charge in [-0.15, -0.1) is 0 Å². The molecular formula is C13H9Cl2N3O3S2. The Morgan fingerprint density at radius 2 is 1.74 bits per heavy atom. The zero-order chi connectivity index (χ0) is 16.8. The zero-order valence-corrected chi connectivity index (χ0v) is 14.5. The summed E-state index contributed by atoms with van der Waals surface area (Å²) in [4.78, 5) is 4.10. The minimum Gasteiger partial charge on any atom is -0.239 e. The number of nitrogens with zero attached hydrogens (tertiary/aromatic N) is 2. The number of fused-ring (bicyclic) bond motifs is 1. The third-order valence-corrected chi connectivity index (χ3v) is 7.01. The van der Waals surface area contributed by atoms with Gasteiger partial charge in [0, 0.05) is 0 Å². The van der Waals surface area contributed by atoms with Gasteiger partial charge in [0.05, 0.1) is 20.5 Å². The van der Waals surface area contributed by atoms with Gasteiger partial charge in [-0.25, -0.2) is 22.8 Å². The minimum atomic E-state index is -4.09. The molecule has 2 N–H and O–H groups in total. The van der Waals surface area contributed by atoms with Crippen LogP contribution in [0.2, 0.25) is 5.02 Å². The van der Waals surface area contributed by atoms with Crippen molar-refractivity contribution >= 4 is 53.9 Å². The predicted molar refractivity (Wildman–Crippen MR) is 89.3 cm³/mol. The van der Waals surface area contributed by atoms with Gasteiger partial charge in [0.1, 0.15) is 14.6 Å². The molecule has 10 heteroatoms.